The van der Waals surface area contributed by atoms with Gasteiger partial charge in [-0.25, -0.2) is 0 Å². The minimum absolute atomic E-state index is 0.705. The maximum Gasteiger partial charge on any atom is -0.000270 e. The first-order chi connectivity index (χ1) is 3.84. The molecular weight excluding hydrogens is 98.1 g/mol. The maximum absolute atomic E-state index is 3.74. The van der Waals surface area contributed by atoms with Crippen molar-refractivity contribution in [1.29, 1.82) is 0 Å². The second-order valence-corrected chi connectivity index (χ2v) is 2.51. The van der Waals surface area contributed by atoms with E-state index in [4.69, 9.17) is 0 Å². The van der Waals surface area contributed by atoms with Crippen LogP contribution in [0.5, 0.6) is 0 Å². The number of hydrogen-bond acceptors (Lipinski definition) is 1. The molecule has 1 aliphatic heterocycles. The SMILES string of the molecule is C=CC(C)C1CNC1. The summed E-state index contributed by atoms with van der Waals surface area (Å²) in [4.78, 5) is 0. The van der Waals surface area contributed by atoms with Crippen LogP contribution < -0.4 is 5.32 Å². The lowest BCUT2D eigenvalue weighted by Crippen LogP contribution is -2.44. The Balaban J connectivity index is 2.22. The minimum Gasteiger partial charge on any atom is -0.316 e. The second kappa shape index (κ2) is 2.31. The van der Waals surface area contributed by atoms with E-state index in [1.807, 2.05) is 6.08 Å². The zero-order valence-electron chi connectivity index (χ0n) is 5.35. The Hall–Kier alpha value is -0.300. The summed E-state index contributed by atoms with van der Waals surface area (Å²) < 4.78 is 0. The first-order valence-corrected chi connectivity index (χ1v) is 3.18. The highest BCUT2D eigenvalue weighted by molar-refractivity contribution is 4.88. The molecule has 1 atom stereocenters. The predicted molar refractivity (Wildman–Crippen MR) is 35.7 cm³/mol. The van der Waals surface area contributed by atoms with E-state index in [0.717, 1.165) is 5.92 Å². The largest absolute Gasteiger partial charge is 0.316 e. The molecule has 0 radical (unpaired) electrons. The molecule has 0 spiro atoms. The van der Waals surface area contributed by atoms with E-state index in [0.29, 0.717) is 5.92 Å². The molecule has 1 N–H and O–H groups in total. The fraction of sp³-hybridized carbons (Fsp3) is 0.714. The number of hydrogen-bond donors (Lipinski definition) is 1. The minimum atomic E-state index is 0.705. The molecule has 8 heavy (non-hydrogen) atoms. The Bertz CT molecular complexity index is 84.4. The molecule has 1 nitrogen and oxygen atoms in total. The highest BCUT2D eigenvalue weighted by atomic mass is 14.9. The van der Waals surface area contributed by atoms with E-state index in [9.17, 15) is 0 Å². The molecular formula is C7H13N. The smallest absolute Gasteiger partial charge is 0.000270 e. The summed E-state index contributed by atoms with van der Waals surface area (Å²) in [5, 5.41) is 3.23. The van der Waals surface area contributed by atoms with E-state index in [1.54, 1.807) is 0 Å². The van der Waals surface area contributed by atoms with Crippen LogP contribution in [0.4, 0.5) is 0 Å². The molecule has 0 aromatic rings. The lowest BCUT2D eigenvalue weighted by Gasteiger charge is -2.30. The van der Waals surface area contributed by atoms with Crippen LogP contribution in [0.2, 0.25) is 0 Å². The van der Waals surface area contributed by atoms with Gasteiger partial charge >= 0.3 is 0 Å². The molecule has 0 aliphatic carbocycles. The normalized spacial score (nSPS) is 24.1. The van der Waals surface area contributed by atoms with E-state index < -0.39 is 0 Å². The van der Waals surface area contributed by atoms with E-state index in [2.05, 4.69) is 18.8 Å². The van der Waals surface area contributed by atoms with Crippen LogP contribution in [-0.4, -0.2) is 13.1 Å². The van der Waals surface area contributed by atoms with Crippen molar-refractivity contribution >= 4 is 0 Å². The molecule has 46 valence electrons. The Labute approximate surface area is 50.8 Å². The molecule has 1 heterocycles. The number of rotatable bonds is 2. The van der Waals surface area contributed by atoms with Crippen LogP contribution in [-0.2, 0) is 0 Å². The summed E-state index contributed by atoms with van der Waals surface area (Å²) in [6.45, 7) is 8.33. The summed E-state index contributed by atoms with van der Waals surface area (Å²) >= 11 is 0. The monoisotopic (exact) mass is 111 g/mol. The van der Waals surface area contributed by atoms with Crippen LogP contribution in [0.15, 0.2) is 12.7 Å². The van der Waals surface area contributed by atoms with Gasteiger partial charge in [-0.1, -0.05) is 13.0 Å². The quantitative estimate of drug-likeness (QED) is 0.525. The van der Waals surface area contributed by atoms with Crippen LogP contribution in [0.3, 0.4) is 0 Å². The molecule has 0 aromatic carbocycles. The molecule has 1 heteroatoms. The van der Waals surface area contributed by atoms with Gasteiger partial charge in [0, 0.05) is 0 Å². The van der Waals surface area contributed by atoms with Crippen molar-refractivity contribution in [3.05, 3.63) is 12.7 Å². The molecule has 0 saturated carbocycles. The van der Waals surface area contributed by atoms with Crippen molar-refractivity contribution < 1.29 is 0 Å². The lowest BCUT2D eigenvalue weighted by molar-refractivity contribution is 0.286. The molecule has 1 rings (SSSR count). The predicted octanol–water partition coefficient (Wildman–Crippen LogP) is 1.03. The Morgan fingerprint density at radius 1 is 1.75 bits per heavy atom. The average Bonchev–Trinajstić information content (AvgIpc) is 1.62. The fourth-order valence-electron chi connectivity index (χ4n) is 0.875. The van der Waals surface area contributed by atoms with E-state index >= 15 is 0 Å². The highest BCUT2D eigenvalue weighted by Crippen LogP contribution is 2.15. The highest BCUT2D eigenvalue weighted by Gasteiger charge is 2.20. The van der Waals surface area contributed by atoms with Gasteiger partial charge in [0.05, 0.1) is 0 Å². The number of nitrogens with one attached hydrogen (secondary N) is 1. The van der Waals surface area contributed by atoms with Gasteiger partial charge in [-0.15, -0.1) is 6.58 Å². The van der Waals surface area contributed by atoms with Crippen molar-refractivity contribution in [3.63, 3.8) is 0 Å². The fourth-order valence-corrected chi connectivity index (χ4v) is 0.875. The molecule has 1 unspecified atom stereocenters. The Morgan fingerprint density at radius 3 is 2.50 bits per heavy atom. The average molecular weight is 111 g/mol. The zero-order chi connectivity index (χ0) is 5.98. The van der Waals surface area contributed by atoms with Crippen LogP contribution in [0.25, 0.3) is 0 Å². The lowest BCUT2D eigenvalue weighted by atomic mass is 9.89. The zero-order valence-corrected chi connectivity index (χ0v) is 5.35. The second-order valence-electron chi connectivity index (χ2n) is 2.51. The third-order valence-corrected chi connectivity index (χ3v) is 1.93. The third-order valence-electron chi connectivity index (χ3n) is 1.93. The summed E-state index contributed by atoms with van der Waals surface area (Å²) in [5.74, 6) is 1.57. The summed E-state index contributed by atoms with van der Waals surface area (Å²) in [6, 6.07) is 0. The summed E-state index contributed by atoms with van der Waals surface area (Å²) in [6.07, 6.45) is 2.03. The molecule has 0 aromatic heterocycles. The van der Waals surface area contributed by atoms with Gasteiger partial charge in [0.25, 0.3) is 0 Å². The summed E-state index contributed by atoms with van der Waals surface area (Å²) in [7, 11) is 0. The Morgan fingerprint density at radius 2 is 2.38 bits per heavy atom. The Kier molecular flexibility index (Phi) is 1.69. The van der Waals surface area contributed by atoms with Gasteiger partial charge in [0.15, 0.2) is 0 Å². The van der Waals surface area contributed by atoms with Gasteiger partial charge in [-0.05, 0) is 24.9 Å². The van der Waals surface area contributed by atoms with Crippen molar-refractivity contribution in [2.24, 2.45) is 11.8 Å². The maximum atomic E-state index is 3.74. The first kappa shape index (κ1) is 5.83. The first-order valence-electron chi connectivity index (χ1n) is 3.18. The van der Waals surface area contributed by atoms with Crippen molar-refractivity contribution in [1.82, 2.24) is 5.32 Å². The van der Waals surface area contributed by atoms with Crippen LogP contribution in [0, 0.1) is 11.8 Å². The van der Waals surface area contributed by atoms with E-state index in [1.165, 1.54) is 13.1 Å². The summed E-state index contributed by atoms with van der Waals surface area (Å²) in [5.41, 5.74) is 0. The van der Waals surface area contributed by atoms with Gasteiger partial charge in [0.1, 0.15) is 0 Å². The molecule has 0 bridgehead atoms. The van der Waals surface area contributed by atoms with E-state index in [-0.39, 0.29) is 0 Å². The van der Waals surface area contributed by atoms with Crippen molar-refractivity contribution in [3.8, 4) is 0 Å². The van der Waals surface area contributed by atoms with Crippen molar-refractivity contribution in [2.75, 3.05) is 13.1 Å². The van der Waals surface area contributed by atoms with Crippen LogP contribution >= 0.6 is 0 Å². The standard InChI is InChI=1S/C7H13N/c1-3-6(2)7-4-8-5-7/h3,6-8H,1,4-5H2,2H3. The van der Waals surface area contributed by atoms with Gasteiger partial charge in [-0.2, -0.15) is 0 Å². The van der Waals surface area contributed by atoms with Gasteiger partial charge in [-0.3, -0.25) is 0 Å². The van der Waals surface area contributed by atoms with Crippen molar-refractivity contribution in [2.45, 2.75) is 6.92 Å². The number of allylic oxidation sites excluding steroid dienone is 1. The van der Waals surface area contributed by atoms with Gasteiger partial charge < -0.3 is 5.32 Å². The molecule has 1 aliphatic rings. The molecule has 0 amide bonds. The topological polar surface area (TPSA) is 12.0 Å². The molecule has 1 fully saturated rings. The van der Waals surface area contributed by atoms with Gasteiger partial charge in [0.2, 0.25) is 0 Å². The third kappa shape index (κ3) is 0.920. The molecule has 1 saturated heterocycles. The van der Waals surface area contributed by atoms with Crippen LogP contribution in [0.1, 0.15) is 6.92 Å².